The summed E-state index contributed by atoms with van der Waals surface area (Å²) in [5.74, 6) is -1.67. The molecule has 38 heavy (non-hydrogen) atoms. The summed E-state index contributed by atoms with van der Waals surface area (Å²) in [6.45, 7) is 5.97. The van der Waals surface area contributed by atoms with Crippen molar-refractivity contribution in [3.63, 3.8) is 0 Å². The number of carbonyl (C=O) groups excluding carboxylic acids is 2. The molecule has 0 aromatic heterocycles. The van der Waals surface area contributed by atoms with Crippen LogP contribution in [0.1, 0.15) is 53.7 Å². The van der Waals surface area contributed by atoms with Crippen molar-refractivity contribution in [2.24, 2.45) is 5.92 Å². The fourth-order valence-corrected chi connectivity index (χ4v) is 6.04. The topological polar surface area (TPSA) is 72.9 Å². The summed E-state index contributed by atoms with van der Waals surface area (Å²) in [6.07, 6.45) is -3.44. The van der Waals surface area contributed by atoms with Crippen LogP contribution in [-0.2, 0) is 16.6 Å². The lowest BCUT2D eigenvalue weighted by Gasteiger charge is -2.43. The fraction of sp³-hybridized carbons (Fsp3) is 0.462. The molecule has 1 unspecified atom stereocenters. The van der Waals surface area contributed by atoms with Gasteiger partial charge in [-0.05, 0) is 56.1 Å². The Morgan fingerprint density at radius 2 is 1.82 bits per heavy atom. The maximum atomic E-state index is 14.4. The normalized spacial score (nSPS) is 22.7. The van der Waals surface area contributed by atoms with Crippen molar-refractivity contribution < 1.29 is 27.9 Å². The standard InChI is InChI=1S/C26H28Cl2F3N3O3.ClH/c1-4-33(5-2)17-8-14(9-17)13-34-21-11-15(23(35)32-3)10-19(26(29,30)31)22(21)25(37,24(34)36)18-7-6-16(27)12-20(18)28;/h6-7,10-12,14,17,37H,4-5,8-9,13H2,1-3H3,(H,32,35);1H. The first-order chi connectivity index (χ1) is 17.4. The van der Waals surface area contributed by atoms with Crippen molar-refractivity contribution in [3.8, 4) is 0 Å². The van der Waals surface area contributed by atoms with Gasteiger partial charge >= 0.3 is 6.18 Å². The van der Waals surface area contributed by atoms with Gasteiger partial charge in [0, 0.05) is 46.4 Å². The highest BCUT2D eigenvalue weighted by atomic mass is 35.5. The van der Waals surface area contributed by atoms with E-state index in [1.165, 1.54) is 36.2 Å². The van der Waals surface area contributed by atoms with Gasteiger partial charge in [-0.15, -0.1) is 12.4 Å². The number of amides is 2. The van der Waals surface area contributed by atoms with Crippen molar-refractivity contribution >= 4 is 53.1 Å². The minimum atomic E-state index is -4.97. The summed E-state index contributed by atoms with van der Waals surface area (Å²) in [5, 5.41) is 14.2. The molecule has 0 saturated heterocycles. The average Bonchev–Trinajstić information content (AvgIpc) is 3.03. The maximum Gasteiger partial charge on any atom is 0.416 e. The molecule has 2 aromatic carbocycles. The number of rotatable bonds is 7. The van der Waals surface area contributed by atoms with Gasteiger partial charge in [0.15, 0.2) is 5.60 Å². The molecule has 1 saturated carbocycles. The van der Waals surface area contributed by atoms with E-state index in [1.54, 1.807) is 0 Å². The Hall–Kier alpha value is -2.04. The average molecular weight is 595 g/mol. The predicted molar refractivity (Wildman–Crippen MR) is 143 cm³/mol. The van der Waals surface area contributed by atoms with Gasteiger partial charge in [-0.25, -0.2) is 0 Å². The van der Waals surface area contributed by atoms with Gasteiger partial charge in [0.25, 0.3) is 11.8 Å². The number of fused-ring (bicyclic) bond motifs is 1. The number of aliphatic hydroxyl groups is 1. The second kappa shape index (κ2) is 11.2. The van der Waals surface area contributed by atoms with Gasteiger partial charge in [-0.3, -0.25) is 9.59 Å². The number of hydrogen-bond donors (Lipinski definition) is 2. The molecule has 1 aliphatic heterocycles. The van der Waals surface area contributed by atoms with E-state index in [2.05, 4.69) is 24.1 Å². The van der Waals surface area contributed by atoms with Crippen LogP contribution < -0.4 is 10.2 Å². The Morgan fingerprint density at radius 3 is 2.34 bits per heavy atom. The fourth-order valence-electron chi connectivity index (χ4n) is 5.49. The number of carbonyl (C=O) groups is 2. The molecule has 1 fully saturated rings. The number of nitrogens with zero attached hydrogens (tertiary/aromatic N) is 2. The van der Waals surface area contributed by atoms with E-state index in [0.29, 0.717) is 12.1 Å². The van der Waals surface area contributed by atoms with Gasteiger partial charge in [0.1, 0.15) is 0 Å². The van der Waals surface area contributed by atoms with Gasteiger partial charge < -0.3 is 20.2 Å². The highest BCUT2D eigenvalue weighted by Crippen LogP contribution is 2.52. The van der Waals surface area contributed by atoms with Crippen LogP contribution in [-0.4, -0.2) is 54.5 Å². The zero-order chi connectivity index (χ0) is 27.3. The van der Waals surface area contributed by atoms with Gasteiger partial charge in [-0.2, -0.15) is 13.2 Å². The lowest BCUT2D eigenvalue weighted by molar-refractivity contribution is -0.142. The third-order valence-corrected chi connectivity index (χ3v) is 7.97. The molecule has 4 rings (SSSR count). The predicted octanol–water partition coefficient (Wildman–Crippen LogP) is 5.50. The lowest BCUT2D eigenvalue weighted by atomic mass is 9.78. The number of anilines is 1. The molecule has 1 aliphatic carbocycles. The zero-order valence-electron chi connectivity index (χ0n) is 21.0. The highest BCUT2D eigenvalue weighted by molar-refractivity contribution is 6.35. The molecule has 2 aliphatic rings. The van der Waals surface area contributed by atoms with Crippen LogP contribution in [0.2, 0.25) is 10.0 Å². The summed E-state index contributed by atoms with van der Waals surface area (Å²) >= 11 is 12.3. The molecule has 2 amide bonds. The lowest BCUT2D eigenvalue weighted by Crippen LogP contribution is -2.50. The molecule has 0 bridgehead atoms. The Morgan fingerprint density at radius 1 is 1.18 bits per heavy atom. The van der Waals surface area contributed by atoms with E-state index in [0.717, 1.165) is 25.9 Å². The summed E-state index contributed by atoms with van der Waals surface area (Å²) in [4.78, 5) is 29.7. The molecule has 1 heterocycles. The Kier molecular flexibility index (Phi) is 9.00. The van der Waals surface area contributed by atoms with Crippen LogP contribution in [0.4, 0.5) is 18.9 Å². The molecule has 0 radical (unpaired) electrons. The Balaban J connectivity index is 0.00000400. The van der Waals surface area contributed by atoms with Gasteiger partial charge in [-0.1, -0.05) is 43.1 Å². The number of hydrogen-bond acceptors (Lipinski definition) is 4. The van der Waals surface area contributed by atoms with Gasteiger partial charge in [0.05, 0.1) is 11.3 Å². The first kappa shape index (κ1) is 30.5. The van der Waals surface area contributed by atoms with Crippen LogP contribution in [0, 0.1) is 5.92 Å². The summed E-state index contributed by atoms with van der Waals surface area (Å²) < 4.78 is 43.2. The third-order valence-electron chi connectivity index (χ3n) is 7.42. The summed E-state index contributed by atoms with van der Waals surface area (Å²) in [5.41, 5.74) is -5.26. The quantitative estimate of drug-likeness (QED) is 0.444. The monoisotopic (exact) mass is 593 g/mol. The Bertz CT molecular complexity index is 1230. The van der Waals surface area contributed by atoms with E-state index in [4.69, 9.17) is 23.2 Å². The van der Waals surface area contributed by atoms with E-state index < -0.39 is 34.7 Å². The molecule has 2 aromatic rings. The minimum Gasteiger partial charge on any atom is -0.372 e. The van der Waals surface area contributed by atoms with Crippen molar-refractivity contribution in [2.45, 2.75) is 44.5 Å². The number of nitrogens with one attached hydrogen (secondary N) is 1. The number of halogens is 6. The summed E-state index contributed by atoms with van der Waals surface area (Å²) in [6, 6.07) is 6.07. The molecule has 2 N–H and O–H groups in total. The van der Waals surface area contributed by atoms with Crippen LogP contribution >= 0.6 is 35.6 Å². The van der Waals surface area contributed by atoms with Crippen LogP contribution in [0.5, 0.6) is 0 Å². The van der Waals surface area contributed by atoms with Gasteiger partial charge in [0.2, 0.25) is 0 Å². The second-order valence-corrected chi connectivity index (χ2v) is 10.3. The third kappa shape index (κ3) is 5.11. The van der Waals surface area contributed by atoms with Crippen molar-refractivity contribution in [1.82, 2.24) is 10.2 Å². The van der Waals surface area contributed by atoms with E-state index in [1.807, 2.05) is 0 Å². The molecule has 12 heteroatoms. The first-order valence-corrected chi connectivity index (χ1v) is 12.8. The molecular weight excluding hydrogens is 566 g/mol. The number of alkyl halides is 3. The van der Waals surface area contributed by atoms with E-state index >= 15 is 0 Å². The SMILES string of the molecule is CCN(CC)C1CC(CN2C(=O)C(O)(c3ccc(Cl)cc3Cl)c3c2cc(C(=O)NC)cc3C(F)(F)F)C1.Cl. The molecule has 208 valence electrons. The molecule has 6 nitrogen and oxygen atoms in total. The molecule has 0 spiro atoms. The second-order valence-electron chi connectivity index (χ2n) is 9.46. The zero-order valence-corrected chi connectivity index (χ0v) is 23.4. The highest BCUT2D eigenvalue weighted by Gasteiger charge is 2.57. The minimum absolute atomic E-state index is 0. The largest absolute Gasteiger partial charge is 0.416 e. The van der Waals surface area contributed by atoms with E-state index in [-0.39, 0.29) is 51.7 Å². The maximum absolute atomic E-state index is 14.4. The molecule has 1 atom stereocenters. The van der Waals surface area contributed by atoms with E-state index in [9.17, 15) is 27.9 Å². The van der Waals surface area contributed by atoms with Crippen LogP contribution in [0.3, 0.4) is 0 Å². The Labute approximate surface area is 235 Å². The van der Waals surface area contributed by atoms with Crippen LogP contribution in [0.15, 0.2) is 30.3 Å². The van der Waals surface area contributed by atoms with Crippen molar-refractivity contribution in [2.75, 3.05) is 31.6 Å². The molecular formula is C26H29Cl3F3N3O3. The van der Waals surface area contributed by atoms with Crippen LogP contribution in [0.25, 0.3) is 0 Å². The smallest absolute Gasteiger partial charge is 0.372 e. The first-order valence-electron chi connectivity index (χ1n) is 12.1. The van der Waals surface area contributed by atoms with Crippen molar-refractivity contribution in [3.05, 3.63) is 62.6 Å². The number of benzene rings is 2. The summed E-state index contributed by atoms with van der Waals surface area (Å²) in [7, 11) is 1.30. The van der Waals surface area contributed by atoms with Crippen molar-refractivity contribution in [1.29, 1.82) is 0 Å².